The standard InChI is InChI=1S/C20H11ClIN3O3/c21-16-8-12(4-6-18(16)25(26)27)11-23-15-5-7-19-17(10-15)24-20(28-19)13-2-1-3-14(22)9-13/h1-11H. The van der Waals surface area contributed by atoms with E-state index in [4.69, 9.17) is 16.0 Å². The lowest BCUT2D eigenvalue weighted by Crippen LogP contribution is -1.90. The lowest BCUT2D eigenvalue weighted by molar-refractivity contribution is -0.384. The van der Waals surface area contributed by atoms with E-state index in [0.717, 1.165) is 9.13 Å². The van der Waals surface area contributed by atoms with Crippen molar-refractivity contribution in [2.24, 2.45) is 4.99 Å². The molecule has 0 aliphatic rings. The molecule has 0 radical (unpaired) electrons. The molecule has 4 aromatic rings. The van der Waals surface area contributed by atoms with Gasteiger partial charge in [-0.05, 0) is 76.7 Å². The molecule has 138 valence electrons. The summed E-state index contributed by atoms with van der Waals surface area (Å²) in [5.74, 6) is 0.553. The number of halogens is 2. The van der Waals surface area contributed by atoms with E-state index in [2.05, 4.69) is 32.6 Å². The van der Waals surface area contributed by atoms with Crippen LogP contribution < -0.4 is 0 Å². The van der Waals surface area contributed by atoms with Crippen molar-refractivity contribution in [2.75, 3.05) is 0 Å². The molecule has 0 aliphatic carbocycles. The SMILES string of the molecule is O=[N+]([O-])c1ccc(C=Nc2ccc3oc(-c4cccc(I)c4)nc3c2)cc1Cl. The van der Waals surface area contributed by atoms with E-state index in [1.54, 1.807) is 12.3 Å². The number of nitro benzene ring substituents is 1. The first-order valence-corrected chi connectivity index (χ1v) is 9.60. The number of oxazole rings is 1. The number of nitro groups is 1. The molecule has 0 bridgehead atoms. The Labute approximate surface area is 178 Å². The van der Waals surface area contributed by atoms with Gasteiger partial charge in [0.15, 0.2) is 5.58 Å². The van der Waals surface area contributed by atoms with E-state index < -0.39 is 4.92 Å². The van der Waals surface area contributed by atoms with Crippen molar-refractivity contribution >= 4 is 62.9 Å². The first kappa shape index (κ1) is 18.6. The van der Waals surface area contributed by atoms with Gasteiger partial charge in [0.1, 0.15) is 10.5 Å². The second-order valence-electron chi connectivity index (χ2n) is 5.91. The molecule has 3 aromatic carbocycles. The van der Waals surface area contributed by atoms with Gasteiger partial charge in [-0.3, -0.25) is 15.1 Å². The van der Waals surface area contributed by atoms with Gasteiger partial charge in [0.2, 0.25) is 5.89 Å². The van der Waals surface area contributed by atoms with Crippen LogP contribution >= 0.6 is 34.2 Å². The summed E-state index contributed by atoms with van der Waals surface area (Å²) in [7, 11) is 0. The maximum Gasteiger partial charge on any atom is 0.287 e. The molecule has 6 nitrogen and oxygen atoms in total. The molecule has 28 heavy (non-hydrogen) atoms. The van der Waals surface area contributed by atoms with Gasteiger partial charge >= 0.3 is 0 Å². The molecule has 1 heterocycles. The van der Waals surface area contributed by atoms with Crippen LogP contribution in [0.5, 0.6) is 0 Å². The third-order valence-electron chi connectivity index (χ3n) is 3.97. The lowest BCUT2D eigenvalue weighted by Gasteiger charge is -1.97. The molecular formula is C20H11ClIN3O3. The summed E-state index contributed by atoms with van der Waals surface area (Å²) in [6, 6.07) is 17.8. The second kappa shape index (κ2) is 7.69. The Morgan fingerprint density at radius 1 is 1.14 bits per heavy atom. The number of aliphatic imine (C=N–C) groups is 1. The van der Waals surface area contributed by atoms with Crippen molar-refractivity contribution in [2.45, 2.75) is 0 Å². The fourth-order valence-electron chi connectivity index (χ4n) is 2.64. The highest BCUT2D eigenvalue weighted by atomic mass is 127. The zero-order chi connectivity index (χ0) is 19.7. The van der Waals surface area contributed by atoms with Crippen LogP contribution in [-0.4, -0.2) is 16.1 Å². The van der Waals surface area contributed by atoms with Gasteiger partial charge in [-0.25, -0.2) is 4.98 Å². The molecule has 4 rings (SSSR count). The molecule has 0 amide bonds. The van der Waals surface area contributed by atoms with E-state index in [-0.39, 0.29) is 10.7 Å². The first-order valence-electron chi connectivity index (χ1n) is 8.14. The molecular weight excluding hydrogens is 493 g/mol. The number of aromatic nitrogens is 1. The highest BCUT2D eigenvalue weighted by Crippen LogP contribution is 2.28. The van der Waals surface area contributed by atoms with Gasteiger partial charge in [0, 0.05) is 21.4 Å². The molecule has 0 saturated carbocycles. The van der Waals surface area contributed by atoms with Gasteiger partial charge < -0.3 is 4.42 Å². The summed E-state index contributed by atoms with van der Waals surface area (Å²) in [6.07, 6.45) is 1.59. The van der Waals surface area contributed by atoms with Crippen molar-refractivity contribution in [1.29, 1.82) is 0 Å². The number of rotatable bonds is 4. The maximum atomic E-state index is 10.8. The number of hydrogen-bond acceptors (Lipinski definition) is 5. The molecule has 0 saturated heterocycles. The van der Waals surface area contributed by atoms with Crippen LogP contribution in [0.15, 0.2) is 70.1 Å². The summed E-state index contributed by atoms with van der Waals surface area (Å²) < 4.78 is 6.93. The Bertz CT molecular complexity index is 1240. The maximum absolute atomic E-state index is 10.8. The minimum Gasteiger partial charge on any atom is -0.436 e. The topological polar surface area (TPSA) is 81.5 Å². The van der Waals surface area contributed by atoms with E-state index in [9.17, 15) is 10.1 Å². The van der Waals surface area contributed by atoms with Crippen molar-refractivity contribution < 1.29 is 9.34 Å². The van der Waals surface area contributed by atoms with Crippen LogP contribution in [0.4, 0.5) is 11.4 Å². The fraction of sp³-hybridized carbons (Fsp3) is 0. The molecule has 0 atom stereocenters. The molecule has 0 spiro atoms. The Kier molecular flexibility index (Phi) is 5.10. The van der Waals surface area contributed by atoms with Gasteiger partial charge in [-0.15, -0.1) is 0 Å². The Morgan fingerprint density at radius 3 is 2.75 bits per heavy atom. The highest BCUT2D eigenvalue weighted by Gasteiger charge is 2.12. The van der Waals surface area contributed by atoms with E-state index >= 15 is 0 Å². The van der Waals surface area contributed by atoms with Crippen molar-refractivity contribution in [1.82, 2.24) is 4.98 Å². The molecule has 0 N–H and O–H groups in total. The normalized spacial score (nSPS) is 11.4. The van der Waals surface area contributed by atoms with Gasteiger partial charge in [-0.1, -0.05) is 17.7 Å². The molecule has 1 aromatic heterocycles. The lowest BCUT2D eigenvalue weighted by atomic mass is 10.2. The van der Waals surface area contributed by atoms with Gasteiger partial charge in [0.25, 0.3) is 5.69 Å². The third kappa shape index (κ3) is 3.90. The predicted octanol–water partition coefficient (Wildman–Crippen LogP) is 6.41. The number of fused-ring (bicyclic) bond motifs is 1. The highest BCUT2D eigenvalue weighted by molar-refractivity contribution is 14.1. The number of nitrogens with zero attached hydrogens (tertiary/aromatic N) is 3. The monoisotopic (exact) mass is 503 g/mol. The van der Waals surface area contributed by atoms with E-state index in [0.29, 0.717) is 28.2 Å². The third-order valence-corrected chi connectivity index (χ3v) is 4.95. The zero-order valence-electron chi connectivity index (χ0n) is 14.2. The first-order chi connectivity index (χ1) is 13.5. The molecule has 0 unspecified atom stereocenters. The van der Waals surface area contributed by atoms with Crippen LogP contribution in [0.25, 0.3) is 22.6 Å². The van der Waals surface area contributed by atoms with Gasteiger partial charge in [0.05, 0.1) is 10.6 Å². The van der Waals surface area contributed by atoms with Crippen LogP contribution in [-0.2, 0) is 0 Å². The van der Waals surface area contributed by atoms with Crippen molar-refractivity contribution in [3.63, 3.8) is 0 Å². The molecule has 0 aliphatic heterocycles. The number of hydrogen-bond donors (Lipinski definition) is 0. The minimum atomic E-state index is -0.521. The summed E-state index contributed by atoms with van der Waals surface area (Å²) in [4.78, 5) is 19.3. The van der Waals surface area contributed by atoms with Gasteiger partial charge in [-0.2, -0.15) is 0 Å². The zero-order valence-corrected chi connectivity index (χ0v) is 17.1. The van der Waals surface area contributed by atoms with Crippen molar-refractivity contribution in [3.05, 3.63) is 84.9 Å². The van der Waals surface area contributed by atoms with Crippen molar-refractivity contribution in [3.8, 4) is 11.5 Å². The van der Waals surface area contributed by atoms with E-state index in [1.165, 1.54) is 12.1 Å². The smallest absolute Gasteiger partial charge is 0.287 e. The van der Waals surface area contributed by atoms with Crippen LogP contribution in [0.2, 0.25) is 5.02 Å². The second-order valence-corrected chi connectivity index (χ2v) is 7.56. The predicted molar refractivity (Wildman–Crippen MR) is 118 cm³/mol. The quantitative estimate of drug-likeness (QED) is 0.139. The average molecular weight is 504 g/mol. The average Bonchev–Trinajstić information content (AvgIpc) is 3.09. The van der Waals surface area contributed by atoms with Crippen LogP contribution in [0.3, 0.4) is 0 Å². The summed E-state index contributed by atoms with van der Waals surface area (Å²) in [5.41, 5.74) is 3.50. The summed E-state index contributed by atoms with van der Waals surface area (Å²) in [6.45, 7) is 0. The largest absolute Gasteiger partial charge is 0.436 e. The van der Waals surface area contributed by atoms with Crippen LogP contribution in [0.1, 0.15) is 5.56 Å². The van der Waals surface area contributed by atoms with Crippen LogP contribution in [0, 0.1) is 13.7 Å². The van der Waals surface area contributed by atoms with E-state index in [1.807, 2.05) is 42.5 Å². The molecule has 8 heteroatoms. The fourth-order valence-corrected chi connectivity index (χ4v) is 3.44. The number of benzene rings is 3. The summed E-state index contributed by atoms with van der Waals surface area (Å²) in [5, 5.41) is 10.9. The Hall–Kier alpha value is -2.78. The molecule has 0 fully saturated rings. The summed E-state index contributed by atoms with van der Waals surface area (Å²) >= 11 is 8.17. The Morgan fingerprint density at radius 2 is 2.00 bits per heavy atom. The minimum absolute atomic E-state index is 0.0723. The Balaban J connectivity index is 1.62.